The third kappa shape index (κ3) is 2.12. The van der Waals surface area contributed by atoms with Gasteiger partial charge in [-0.15, -0.1) is 0 Å². The second kappa shape index (κ2) is 5.13. The highest BCUT2D eigenvalue weighted by Gasteiger charge is 2.17. The van der Waals surface area contributed by atoms with Gasteiger partial charge in [0.05, 0.1) is 23.5 Å². The molecule has 104 valence electrons. The largest absolute Gasteiger partial charge is 0.467 e. The molecule has 0 fully saturated rings. The lowest BCUT2D eigenvalue weighted by Crippen LogP contribution is -2.14. The van der Waals surface area contributed by atoms with Gasteiger partial charge in [-0.05, 0) is 31.5 Å². The van der Waals surface area contributed by atoms with Gasteiger partial charge in [0, 0.05) is 18.4 Å². The van der Waals surface area contributed by atoms with Gasteiger partial charge in [-0.2, -0.15) is 5.10 Å². The summed E-state index contributed by atoms with van der Waals surface area (Å²) in [5.41, 5.74) is 9.56. The fourth-order valence-corrected chi connectivity index (χ4v) is 2.65. The molecule has 0 radical (unpaired) electrons. The molecule has 1 atom stereocenters. The summed E-state index contributed by atoms with van der Waals surface area (Å²) in [7, 11) is 0. The van der Waals surface area contributed by atoms with Gasteiger partial charge in [0.1, 0.15) is 5.76 Å². The molecule has 4 nitrogen and oxygen atoms in total. The van der Waals surface area contributed by atoms with Gasteiger partial charge in [-0.1, -0.05) is 18.2 Å². The summed E-state index contributed by atoms with van der Waals surface area (Å²) in [6.45, 7) is 4.97. The Hall–Kier alpha value is -2.07. The third-order valence-corrected chi connectivity index (χ3v) is 3.69. The smallest absolute Gasteiger partial charge is 0.123 e. The van der Waals surface area contributed by atoms with Gasteiger partial charge >= 0.3 is 0 Å². The Morgan fingerprint density at radius 1 is 1.30 bits per heavy atom. The molecular formula is C16H19N3O. The molecule has 0 spiro atoms. The second-order valence-electron chi connectivity index (χ2n) is 5.06. The molecule has 0 bridgehead atoms. The minimum Gasteiger partial charge on any atom is -0.467 e. The zero-order chi connectivity index (χ0) is 14.1. The van der Waals surface area contributed by atoms with Gasteiger partial charge in [0.2, 0.25) is 0 Å². The van der Waals surface area contributed by atoms with Crippen LogP contribution in [0.1, 0.15) is 30.0 Å². The van der Waals surface area contributed by atoms with E-state index in [0.717, 1.165) is 29.1 Å². The molecule has 2 heterocycles. The van der Waals surface area contributed by atoms with E-state index >= 15 is 0 Å². The number of hydrogen-bond acceptors (Lipinski definition) is 3. The molecule has 0 aliphatic heterocycles. The predicted molar refractivity (Wildman–Crippen MR) is 79.5 cm³/mol. The average Bonchev–Trinajstić information content (AvgIpc) is 3.03. The zero-order valence-corrected chi connectivity index (χ0v) is 11.8. The summed E-state index contributed by atoms with van der Waals surface area (Å²) in [6.07, 6.45) is 2.37. The Labute approximate surface area is 118 Å². The van der Waals surface area contributed by atoms with Crippen LogP contribution in [-0.4, -0.2) is 9.78 Å². The minimum absolute atomic E-state index is 0.159. The van der Waals surface area contributed by atoms with Gasteiger partial charge in [0.25, 0.3) is 0 Å². The number of aryl methyl sites for hydroxylation is 2. The Bertz CT molecular complexity index is 726. The van der Waals surface area contributed by atoms with Crippen molar-refractivity contribution in [1.29, 1.82) is 0 Å². The number of aromatic nitrogens is 2. The van der Waals surface area contributed by atoms with E-state index < -0.39 is 0 Å². The maximum Gasteiger partial charge on any atom is 0.123 e. The van der Waals surface area contributed by atoms with E-state index in [2.05, 4.69) is 24.2 Å². The number of nitrogens with zero attached hydrogens (tertiary/aromatic N) is 2. The van der Waals surface area contributed by atoms with E-state index in [1.165, 1.54) is 5.39 Å². The van der Waals surface area contributed by atoms with Crippen molar-refractivity contribution in [3.8, 4) is 0 Å². The molecule has 2 aromatic heterocycles. The van der Waals surface area contributed by atoms with Crippen LogP contribution in [0.4, 0.5) is 0 Å². The highest BCUT2D eigenvalue weighted by Crippen LogP contribution is 2.25. The monoisotopic (exact) mass is 269 g/mol. The second-order valence-corrected chi connectivity index (χ2v) is 5.06. The lowest BCUT2D eigenvalue weighted by molar-refractivity contribution is 0.459. The highest BCUT2D eigenvalue weighted by atomic mass is 16.3. The van der Waals surface area contributed by atoms with E-state index in [0.29, 0.717) is 6.42 Å². The van der Waals surface area contributed by atoms with Gasteiger partial charge < -0.3 is 10.2 Å². The number of fused-ring (bicyclic) bond motifs is 1. The molecule has 0 amide bonds. The molecule has 3 rings (SSSR count). The van der Waals surface area contributed by atoms with E-state index in [9.17, 15) is 0 Å². The van der Waals surface area contributed by atoms with E-state index in [-0.39, 0.29) is 6.04 Å². The van der Waals surface area contributed by atoms with Crippen molar-refractivity contribution in [1.82, 2.24) is 9.78 Å². The van der Waals surface area contributed by atoms with Crippen LogP contribution in [0.25, 0.3) is 10.9 Å². The van der Waals surface area contributed by atoms with Crippen molar-refractivity contribution in [3.05, 3.63) is 53.6 Å². The summed E-state index contributed by atoms with van der Waals surface area (Å²) in [4.78, 5) is 0. The Morgan fingerprint density at radius 3 is 2.80 bits per heavy atom. The molecule has 2 N–H and O–H groups in total. The van der Waals surface area contributed by atoms with Crippen molar-refractivity contribution in [2.75, 3.05) is 0 Å². The first-order valence-electron chi connectivity index (χ1n) is 6.94. The van der Waals surface area contributed by atoms with Crippen LogP contribution in [0, 0.1) is 6.92 Å². The maximum absolute atomic E-state index is 6.27. The fraction of sp³-hybridized carbons (Fsp3) is 0.312. The van der Waals surface area contributed by atoms with Crippen molar-refractivity contribution < 1.29 is 4.42 Å². The van der Waals surface area contributed by atoms with Crippen LogP contribution in [0.15, 0.2) is 41.0 Å². The first-order valence-corrected chi connectivity index (χ1v) is 6.94. The molecule has 1 unspecified atom stereocenters. The molecule has 1 aromatic carbocycles. The molecule has 0 aliphatic rings. The van der Waals surface area contributed by atoms with Crippen molar-refractivity contribution >= 4 is 10.9 Å². The van der Waals surface area contributed by atoms with Gasteiger partial charge in [-0.25, -0.2) is 0 Å². The zero-order valence-electron chi connectivity index (χ0n) is 11.8. The quantitative estimate of drug-likeness (QED) is 0.791. The van der Waals surface area contributed by atoms with Gasteiger partial charge in [-0.3, -0.25) is 4.68 Å². The van der Waals surface area contributed by atoms with E-state index in [4.69, 9.17) is 10.2 Å². The van der Waals surface area contributed by atoms with Crippen LogP contribution < -0.4 is 5.73 Å². The van der Waals surface area contributed by atoms with Crippen LogP contribution in [0.5, 0.6) is 0 Å². The fourth-order valence-electron chi connectivity index (χ4n) is 2.65. The number of hydrogen-bond donors (Lipinski definition) is 1. The van der Waals surface area contributed by atoms with E-state index in [1.807, 2.05) is 29.8 Å². The number of furan rings is 1. The lowest BCUT2D eigenvalue weighted by Gasteiger charge is -2.08. The third-order valence-electron chi connectivity index (χ3n) is 3.69. The standard InChI is InChI=1S/C16H19N3O/c1-3-19-15-7-5-4-6-12(15)14(18-19)10-13(17)16-11(2)8-9-20-16/h4-9,13H,3,10,17H2,1-2H3. The predicted octanol–water partition coefficient (Wildman–Crippen LogP) is 3.20. The first kappa shape index (κ1) is 12.9. The van der Waals surface area contributed by atoms with Crippen LogP contribution in [0.3, 0.4) is 0 Å². The molecule has 0 saturated heterocycles. The average molecular weight is 269 g/mol. The minimum atomic E-state index is -0.159. The molecular weight excluding hydrogens is 250 g/mol. The molecule has 3 aromatic rings. The summed E-state index contributed by atoms with van der Waals surface area (Å²) >= 11 is 0. The molecule has 4 heteroatoms. The molecule has 20 heavy (non-hydrogen) atoms. The normalized spacial score (nSPS) is 12.9. The summed E-state index contributed by atoms with van der Waals surface area (Å²) in [6, 6.07) is 10.1. The topological polar surface area (TPSA) is 57.0 Å². The summed E-state index contributed by atoms with van der Waals surface area (Å²) in [5, 5.41) is 5.86. The lowest BCUT2D eigenvalue weighted by atomic mass is 10.0. The van der Waals surface area contributed by atoms with Crippen LogP contribution in [-0.2, 0) is 13.0 Å². The summed E-state index contributed by atoms with van der Waals surface area (Å²) in [5.74, 6) is 0.847. The Balaban J connectivity index is 1.97. The van der Waals surface area contributed by atoms with Crippen molar-refractivity contribution in [3.63, 3.8) is 0 Å². The number of rotatable bonds is 4. The Kier molecular flexibility index (Phi) is 3.32. The molecule has 0 saturated carbocycles. The van der Waals surface area contributed by atoms with Crippen LogP contribution in [0.2, 0.25) is 0 Å². The highest BCUT2D eigenvalue weighted by molar-refractivity contribution is 5.82. The molecule has 0 aliphatic carbocycles. The van der Waals surface area contributed by atoms with Crippen LogP contribution >= 0.6 is 0 Å². The SMILES string of the molecule is CCn1nc(CC(N)c2occc2C)c2ccccc21. The maximum atomic E-state index is 6.27. The van der Waals surface area contributed by atoms with Crippen molar-refractivity contribution in [2.45, 2.75) is 32.9 Å². The summed E-state index contributed by atoms with van der Waals surface area (Å²) < 4.78 is 7.50. The van der Waals surface area contributed by atoms with Crippen molar-refractivity contribution in [2.24, 2.45) is 5.73 Å². The number of nitrogens with two attached hydrogens (primary N) is 1. The Morgan fingerprint density at radius 2 is 2.10 bits per heavy atom. The number of para-hydroxylation sites is 1. The van der Waals surface area contributed by atoms with E-state index in [1.54, 1.807) is 6.26 Å². The number of benzene rings is 1. The van der Waals surface area contributed by atoms with Gasteiger partial charge in [0.15, 0.2) is 0 Å². The first-order chi connectivity index (χ1) is 9.70.